The Morgan fingerprint density at radius 2 is 1.95 bits per heavy atom. The molecule has 1 fully saturated rings. The summed E-state index contributed by atoms with van der Waals surface area (Å²) in [5.41, 5.74) is 0.825. The second-order valence-corrected chi connectivity index (χ2v) is 12.0. The van der Waals surface area contributed by atoms with Crippen molar-refractivity contribution in [3.8, 4) is 6.07 Å². The molecule has 2 heterocycles. The molecule has 1 atom stereocenters. The van der Waals surface area contributed by atoms with Gasteiger partial charge in [0.2, 0.25) is 10.0 Å². The molecule has 2 aromatic carbocycles. The van der Waals surface area contributed by atoms with Crippen LogP contribution in [0.25, 0.3) is 0 Å². The zero-order valence-corrected chi connectivity index (χ0v) is 24.1. The maximum atomic E-state index is 14.0. The van der Waals surface area contributed by atoms with Crippen molar-refractivity contribution in [3.05, 3.63) is 81.0 Å². The molecule has 0 bridgehead atoms. The monoisotopic (exact) mass is 596 g/mol. The van der Waals surface area contributed by atoms with Crippen LogP contribution >= 0.6 is 11.8 Å². The molecule has 1 unspecified atom stereocenters. The van der Waals surface area contributed by atoms with Crippen molar-refractivity contribution >= 4 is 39.3 Å². The zero-order chi connectivity index (χ0) is 29.7. The number of nitro benzene ring substituents is 1. The molecule has 41 heavy (non-hydrogen) atoms. The molecule has 214 valence electrons. The number of benzene rings is 2. The van der Waals surface area contributed by atoms with Gasteiger partial charge in [-0.05, 0) is 49.3 Å². The van der Waals surface area contributed by atoms with Gasteiger partial charge >= 0.3 is 5.97 Å². The van der Waals surface area contributed by atoms with E-state index in [1.807, 2.05) is 17.9 Å². The number of para-hydroxylation sites is 1. The molecule has 1 aromatic heterocycles. The van der Waals surface area contributed by atoms with E-state index in [1.165, 1.54) is 34.3 Å². The molecule has 1 N–H and O–H groups in total. The highest BCUT2D eigenvalue weighted by atomic mass is 32.2. The van der Waals surface area contributed by atoms with E-state index in [0.717, 1.165) is 6.07 Å². The van der Waals surface area contributed by atoms with Crippen molar-refractivity contribution < 1.29 is 23.2 Å². The van der Waals surface area contributed by atoms with E-state index in [4.69, 9.17) is 5.26 Å². The van der Waals surface area contributed by atoms with Gasteiger partial charge in [-0.3, -0.25) is 10.1 Å². The lowest BCUT2D eigenvalue weighted by molar-refractivity contribution is -0.387. The minimum Gasteiger partial charge on any atom is -0.477 e. The fourth-order valence-electron chi connectivity index (χ4n) is 4.89. The number of nitro groups is 1. The number of rotatable bonds is 11. The highest BCUT2D eigenvalue weighted by Gasteiger charge is 2.37. The van der Waals surface area contributed by atoms with E-state index in [9.17, 15) is 28.4 Å². The maximum absolute atomic E-state index is 14.0. The Bertz CT molecular complexity index is 1610. The van der Waals surface area contributed by atoms with Gasteiger partial charge < -0.3 is 10.0 Å². The van der Waals surface area contributed by atoms with Crippen molar-refractivity contribution in [3.63, 3.8) is 0 Å². The molecule has 1 aliphatic heterocycles. The predicted molar refractivity (Wildman–Crippen MR) is 152 cm³/mol. The number of nitriles is 1. The smallest absolute Gasteiger partial charge is 0.341 e. The Balaban J connectivity index is 1.79. The van der Waals surface area contributed by atoms with E-state index in [2.05, 4.69) is 9.97 Å². The molecule has 0 amide bonds. The summed E-state index contributed by atoms with van der Waals surface area (Å²) in [5.74, 6) is -0.935. The Labute approximate surface area is 241 Å². The molecule has 0 saturated carbocycles. The van der Waals surface area contributed by atoms with Gasteiger partial charge in [-0.2, -0.15) is 9.57 Å². The molecule has 1 aliphatic rings. The van der Waals surface area contributed by atoms with Crippen LogP contribution < -0.4 is 4.90 Å². The van der Waals surface area contributed by atoms with Crippen LogP contribution in [0, 0.1) is 21.4 Å². The number of hydrogen-bond donors (Lipinski definition) is 1. The first kappa shape index (κ1) is 29.9. The van der Waals surface area contributed by atoms with E-state index in [0.29, 0.717) is 47.8 Å². The van der Waals surface area contributed by atoms with E-state index < -0.39 is 37.5 Å². The van der Waals surface area contributed by atoms with Gasteiger partial charge in [0, 0.05) is 31.7 Å². The molecule has 0 spiro atoms. The second-order valence-electron chi connectivity index (χ2n) is 9.33. The van der Waals surface area contributed by atoms with Crippen LogP contribution in [-0.2, 0) is 23.0 Å². The minimum absolute atomic E-state index is 0.0163. The lowest BCUT2D eigenvalue weighted by Crippen LogP contribution is -2.43. The predicted octanol–water partition coefficient (Wildman–Crippen LogP) is 4.10. The number of nitrogens with zero attached hydrogens (tertiary/aromatic N) is 6. The molecular weight excluding hydrogens is 568 g/mol. The summed E-state index contributed by atoms with van der Waals surface area (Å²) in [7, 11) is -4.39. The van der Waals surface area contributed by atoms with Gasteiger partial charge in [0.15, 0.2) is 10.1 Å². The number of carboxylic acid groups (broad SMARTS) is 1. The molecule has 14 heteroatoms. The van der Waals surface area contributed by atoms with Crippen LogP contribution in [0.2, 0.25) is 0 Å². The number of aromatic carboxylic acids is 1. The fourth-order valence-corrected chi connectivity index (χ4v) is 6.89. The first-order valence-corrected chi connectivity index (χ1v) is 15.4. The third-order valence-electron chi connectivity index (χ3n) is 6.86. The summed E-state index contributed by atoms with van der Waals surface area (Å²) in [5, 5.41) is 31.4. The number of carbonyl (C=O) groups is 1. The first-order valence-electron chi connectivity index (χ1n) is 12.8. The first-order chi connectivity index (χ1) is 19.6. The van der Waals surface area contributed by atoms with Crippen LogP contribution in [-0.4, -0.2) is 64.1 Å². The summed E-state index contributed by atoms with van der Waals surface area (Å²) in [6, 6.07) is 13.2. The Hall–Kier alpha value is -4.06. The fraction of sp³-hybridized carbons (Fsp3) is 0.333. The number of hydrogen-bond acceptors (Lipinski definition) is 10. The molecule has 1 saturated heterocycles. The Morgan fingerprint density at radius 3 is 2.56 bits per heavy atom. The van der Waals surface area contributed by atoms with Gasteiger partial charge in [0.1, 0.15) is 11.4 Å². The molecule has 0 aliphatic carbocycles. The van der Waals surface area contributed by atoms with Gasteiger partial charge in [-0.1, -0.05) is 43.0 Å². The quantitative estimate of drug-likeness (QED) is 0.146. The van der Waals surface area contributed by atoms with Crippen LogP contribution in [0.3, 0.4) is 0 Å². The van der Waals surface area contributed by atoms with Gasteiger partial charge in [0.05, 0.1) is 22.2 Å². The average Bonchev–Trinajstić information content (AvgIpc) is 3.44. The molecular formula is C27H28N6O6S2. The number of aromatic nitrogens is 2. The second kappa shape index (κ2) is 12.6. The third-order valence-corrected chi connectivity index (χ3v) is 9.27. The third kappa shape index (κ3) is 6.32. The van der Waals surface area contributed by atoms with Crippen LogP contribution in [0.15, 0.2) is 58.6 Å². The van der Waals surface area contributed by atoms with Crippen LogP contribution in [0.4, 0.5) is 11.5 Å². The number of aryl methyl sites for hydroxylation is 1. The van der Waals surface area contributed by atoms with Crippen molar-refractivity contribution in [2.24, 2.45) is 0 Å². The summed E-state index contributed by atoms with van der Waals surface area (Å²) >= 11 is 1.28. The lowest BCUT2D eigenvalue weighted by Gasteiger charge is -2.32. The van der Waals surface area contributed by atoms with E-state index in [1.54, 1.807) is 30.5 Å². The average molecular weight is 597 g/mol. The number of anilines is 1. The Kier molecular flexibility index (Phi) is 9.21. The molecule has 4 rings (SSSR count). The summed E-state index contributed by atoms with van der Waals surface area (Å²) in [6.07, 6.45) is 3.38. The van der Waals surface area contributed by atoms with Crippen molar-refractivity contribution in [2.75, 3.05) is 24.2 Å². The lowest BCUT2D eigenvalue weighted by atomic mass is 10.1. The van der Waals surface area contributed by atoms with E-state index in [-0.39, 0.29) is 24.5 Å². The van der Waals surface area contributed by atoms with Gasteiger partial charge in [0.25, 0.3) is 5.69 Å². The standard InChI is InChI=1S/C27H28N6O6S2/c1-3-21-24(26(34)35)25(30-27(29-21)40-2)32-14-6-7-20(32)17-31(16-19-12-10-18(15-28)11-13-19)41(38,39)23-9-5-4-8-22(23)33(36)37/h4-5,8-13,20H,3,6-7,14,16-17H2,1-2H3,(H,34,35). The van der Waals surface area contributed by atoms with Crippen molar-refractivity contribution in [1.29, 1.82) is 5.26 Å². The summed E-state index contributed by atoms with van der Waals surface area (Å²) < 4.78 is 29.2. The Morgan fingerprint density at radius 1 is 1.24 bits per heavy atom. The van der Waals surface area contributed by atoms with Crippen LogP contribution in [0.5, 0.6) is 0 Å². The molecule has 12 nitrogen and oxygen atoms in total. The topological polar surface area (TPSA) is 171 Å². The largest absolute Gasteiger partial charge is 0.477 e. The normalized spacial score (nSPS) is 15.2. The summed E-state index contributed by atoms with van der Waals surface area (Å²) in [4.78, 5) is 33.6. The van der Waals surface area contributed by atoms with Gasteiger partial charge in [-0.15, -0.1) is 0 Å². The SMILES string of the molecule is CCc1nc(SC)nc(N2CCCC2CN(Cc2ccc(C#N)cc2)S(=O)(=O)c2ccccc2[N+](=O)[O-])c1C(=O)O. The summed E-state index contributed by atoms with van der Waals surface area (Å²) in [6.45, 7) is 2.07. The number of sulfonamides is 1. The highest BCUT2D eigenvalue weighted by Crippen LogP contribution is 2.33. The molecule has 0 radical (unpaired) electrons. The maximum Gasteiger partial charge on any atom is 0.341 e. The van der Waals surface area contributed by atoms with Crippen LogP contribution in [0.1, 0.15) is 46.9 Å². The van der Waals surface area contributed by atoms with E-state index >= 15 is 0 Å². The van der Waals surface area contributed by atoms with Gasteiger partial charge in [-0.25, -0.2) is 23.2 Å². The van der Waals surface area contributed by atoms with Crippen molar-refractivity contribution in [1.82, 2.24) is 14.3 Å². The molecule has 3 aromatic rings. The zero-order valence-electron chi connectivity index (χ0n) is 22.4. The van der Waals surface area contributed by atoms with Crippen molar-refractivity contribution in [2.45, 2.75) is 48.8 Å². The highest BCUT2D eigenvalue weighted by molar-refractivity contribution is 7.98. The minimum atomic E-state index is -4.39. The number of carboxylic acids is 1. The number of thioether (sulfide) groups is 1.